The second kappa shape index (κ2) is 5.70. The highest BCUT2D eigenvalue weighted by Crippen LogP contribution is 2.28. The highest BCUT2D eigenvalue weighted by molar-refractivity contribution is 8.00. The Hall–Kier alpha value is -1.42. The summed E-state index contributed by atoms with van der Waals surface area (Å²) < 4.78 is 0. The lowest BCUT2D eigenvalue weighted by Crippen LogP contribution is -2.32. The monoisotopic (exact) mass is 273 g/mol. The number of hydrogen-bond acceptors (Lipinski definition) is 3. The molecule has 0 saturated carbocycles. The van der Waals surface area contributed by atoms with Crippen LogP contribution in [0.4, 0.5) is 5.69 Å². The molecule has 0 aliphatic carbocycles. The molecular weight excluding hydrogens is 254 g/mol. The third-order valence-corrected chi connectivity index (χ3v) is 5.03. The van der Waals surface area contributed by atoms with Gasteiger partial charge in [0, 0.05) is 17.0 Å². The maximum atomic E-state index is 4.05. The highest BCUT2D eigenvalue weighted by Gasteiger charge is 2.21. The molecule has 1 saturated heterocycles. The molecule has 19 heavy (non-hydrogen) atoms. The molecule has 3 rings (SSSR count). The number of thioether (sulfide) groups is 1. The van der Waals surface area contributed by atoms with Gasteiger partial charge in [-0.05, 0) is 36.3 Å². The van der Waals surface area contributed by atoms with Gasteiger partial charge in [-0.3, -0.25) is 0 Å². The van der Waals surface area contributed by atoms with Crippen LogP contribution in [0.2, 0.25) is 0 Å². The summed E-state index contributed by atoms with van der Waals surface area (Å²) in [5.41, 5.74) is 3.45. The molecule has 2 heterocycles. The molecule has 1 aliphatic heterocycles. The first-order valence-electron chi connectivity index (χ1n) is 6.80. The van der Waals surface area contributed by atoms with Crippen molar-refractivity contribution in [3.05, 3.63) is 36.8 Å². The Bertz CT molecular complexity index is 507. The largest absolute Gasteiger partial charge is 0.381 e. The van der Waals surface area contributed by atoms with E-state index in [1.54, 1.807) is 6.33 Å². The number of hydrogen-bond donors (Lipinski definition) is 2. The van der Waals surface area contributed by atoms with Crippen LogP contribution in [-0.4, -0.2) is 27.0 Å². The predicted molar refractivity (Wildman–Crippen MR) is 82.6 cm³/mol. The van der Waals surface area contributed by atoms with E-state index < -0.39 is 0 Å². The van der Waals surface area contributed by atoms with E-state index in [0.29, 0.717) is 11.3 Å². The summed E-state index contributed by atoms with van der Waals surface area (Å²) in [6.45, 7) is 2.32. The van der Waals surface area contributed by atoms with Crippen molar-refractivity contribution in [2.75, 3.05) is 11.1 Å². The number of imidazole rings is 1. The molecule has 0 bridgehead atoms. The van der Waals surface area contributed by atoms with Crippen LogP contribution < -0.4 is 5.32 Å². The Kier molecular flexibility index (Phi) is 3.78. The zero-order valence-corrected chi connectivity index (χ0v) is 11.9. The third kappa shape index (κ3) is 2.95. The van der Waals surface area contributed by atoms with Crippen molar-refractivity contribution in [1.29, 1.82) is 0 Å². The summed E-state index contributed by atoms with van der Waals surface area (Å²) in [5.74, 6) is 1.30. The molecular formula is C15H19N3S. The second-order valence-corrected chi connectivity index (χ2v) is 6.50. The van der Waals surface area contributed by atoms with E-state index in [4.69, 9.17) is 0 Å². The van der Waals surface area contributed by atoms with Gasteiger partial charge < -0.3 is 10.3 Å². The minimum Gasteiger partial charge on any atom is -0.381 e. The van der Waals surface area contributed by atoms with E-state index in [0.717, 1.165) is 5.69 Å². The summed E-state index contributed by atoms with van der Waals surface area (Å²) in [6.07, 6.45) is 6.15. The van der Waals surface area contributed by atoms with Gasteiger partial charge in [0.25, 0.3) is 0 Å². The molecule has 2 atom stereocenters. The molecule has 3 nitrogen and oxygen atoms in total. The smallest absolute Gasteiger partial charge is 0.0924 e. The van der Waals surface area contributed by atoms with Gasteiger partial charge >= 0.3 is 0 Å². The van der Waals surface area contributed by atoms with Gasteiger partial charge in [-0.2, -0.15) is 11.8 Å². The third-order valence-electron chi connectivity index (χ3n) is 3.65. The molecule has 0 amide bonds. The molecule has 2 aromatic rings. The average molecular weight is 273 g/mol. The van der Waals surface area contributed by atoms with Crippen LogP contribution in [-0.2, 0) is 0 Å². The van der Waals surface area contributed by atoms with Crippen LogP contribution in [0.25, 0.3) is 11.3 Å². The van der Waals surface area contributed by atoms with Gasteiger partial charge in [0.05, 0.1) is 18.2 Å². The summed E-state index contributed by atoms with van der Waals surface area (Å²) in [5, 5.41) is 4.35. The summed E-state index contributed by atoms with van der Waals surface area (Å²) in [6, 6.07) is 9.17. The Morgan fingerprint density at radius 3 is 2.84 bits per heavy atom. The molecule has 2 unspecified atom stereocenters. The van der Waals surface area contributed by atoms with E-state index >= 15 is 0 Å². The maximum Gasteiger partial charge on any atom is 0.0924 e. The summed E-state index contributed by atoms with van der Waals surface area (Å²) in [7, 11) is 0. The van der Waals surface area contributed by atoms with E-state index in [1.807, 2.05) is 6.20 Å². The van der Waals surface area contributed by atoms with Gasteiger partial charge in [0.2, 0.25) is 0 Å². The van der Waals surface area contributed by atoms with Gasteiger partial charge in [0.15, 0.2) is 0 Å². The maximum absolute atomic E-state index is 4.05. The van der Waals surface area contributed by atoms with Crippen molar-refractivity contribution in [3.8, 4) is 11.3 Å². The average Bonchev–Trinajstić information content (AvgIpc) is 2.96. The van der Waals surface area contributed by atoms with Crippen molar-refractivity contribution < 1.29 is 0 Å². The molecule has 4 heteroatoms. The molecule has 0 radical (unpaired) electrons. The normalized spacial score (nSPS) is 23.2. The Morgan fingerprint density at radius 2 is 2.16 bits per heavy atom. The fraction of sp³-hybridized carbons (Fsp3) is 0.400. The lowest BCUT2D eigenvalue weighted by atomic mass is 10.1. The first-order valence-corrected chi connectivity index (χ1v) is 7.85. The van der Waals surface area contributed by atoms with Crippen molar-refractivity contribution in [2.45, 2.75) is 31.1 Å². The Morgan fingerprint density at radius 1 is 1.32 bits per heavy atom. The molecule has 1 fully saturated rings. The lowest BCUT2D eigenvalue weighted by molar-refractivity contribution is 0.617. The van der Waals surface area contributed by atoms with Gasteiger partial charge in [-0.1, -0.05) is 19.1 Å². The van der Waals surface area contributed by atoms with E-state index in [2.05, 4.69) is 58.2 Å². The number of rotatable bonds is 3. The predicted octanol–water partition coefficient (Wildman–Crippen LogP) is 3.77. The van der Waals surface area contributed by atoms with Crippen LogP contribution >= 0.6 is 11.8 Å². The van der Waals surface area contributed by atoms with Gasteiger partial charge in [-0.15, -0.1) is 0 Å². The first-order chi connectivity index (χ1) is 9.33. The number of nitrogens with one attached hydrogen (secondary N) is 2. The van der Waals surface area contributed by atoms with Crippen molar-refractivity contribution >= 4 is 17.4 Å². The van der Waals surface area contributed by atoms with E-state index in [9.17, 15) is 0 Å². The Labute approximate surface area is 118 Å². The minimum atomic E-state index is 0.594. The molecule has 1 aromatic carbocycles. The first kappa shape index (κ1) is 12.6. The Balaban J connectivity index is 1.69. The second-order valence-electron chi connectivity index (χ2n) is 5.01. The summed E-state index contributed by atoms with van der Waals surface area (Å²) >= 11 is 2.07. The quantitative estimate of drug-likeness (QED) is 0.894. The zero-order chi connectivity index (χ0) is 13.1. The fourth-order valence-electron chi connectivity index (χ4n) is 2.49. The van der Waals surface area contributed by atoms with Crippen molar-refractivity contribution in [2.24, 2.45) is 0 Å². The van der Waals surface area contributed by atoms with Crippen LogP contribution in [0.3, 0.4) is 0 Å². The topological polar surface area (TPSA) is 40.7 Å². The van der Waals surface area contributed by atoms with Gasteiger partial charge in [-0.25, -0.2) is 4.98 Å². The number of H-pyrrole nitrogens is 1. The molecule has 1 aromatic heterocycles. The minimum absolute atomic E-state index is 0.594. The number of anilines is 1. The summed E-state index contributed by atoms with van der Waals surface area (Å²) in [4.78, 5) is 7.18. The molecule has 100 valence electrons. The van der Waals surface area contributed by atoms with Crippen molar-refractivity contribution in [1.82, 2.24) is 9.97 Å². The van der Waals surface area contributed by atoms with Crippen LogP contribution in [0, 0.1) is 0 Å². The standard InChI is InChI=1S/C15H19N3S/c1-11-14(3-2-8-19-11)18-13-6-4-12(5-7-13)15-9-16-10-17-15/h4-7,9-11,14,18H,2-3,8H2,1H3,(H,16,17). The SMILES string of the molecule is CC1SCCCC1Nc1ccc(-c2cnc[nH]2)cc1. The van der Waals surface area contributed by atoms with Gasteiger partial charge in [0.1, 0.15) is 0 Å². The molecule has 0 spiro atoms. The van der Waals surface area contributed by atoms with E-state index in [1.165, 1.54) is 29.8 Å². The van der Waals surface area contributed by atoms with Crippen LogP contribution in [0.5, 0.6) is 0 Å². The van der Waals surface area contributed by atoms with Crippen LogP contribution in [0.15, 0.2) is 36.8 Å². The number of aromatic amines is 1. The molecule has 1 aliphatic rings. The van der Waals surface area contributed by atoms with Crippen LogP contribution in [0.1, 0.15) is 19.8 Å². The highest BCUT2D eigenvalue weighted by atomic mass is 32.2. The molecule has 2 N–H and O–H groups in total. The lowest BCUT2D eigenvalue weighted by Gasteiger charge is -2.30. The van der Waals surface area contributed by atoms with E-state index in [-0.39, 0.29) is 0 Å². The number of aromatic nitrogens is 2. The van der Waals surface area contributed by atoms with Crippen molar-refractivity contribution in [3.63, 3.8) is 0 Å². The fourth-order valence-corrected chi connectivity index (χ4v) is 3.63. The number of nitrogens with zero attached hydrogens (tertiary/aromatic N) is 1. The zero-order valence-electron chi connectivity index (χ0n) is 11.1. The number of benzene rings is 1.